The van der Waals surface area contributed by atoms with Crippen molar-refractivity contribution in [3.8, 4) is 0 Å². The highest BCUT2D eigenvalue weighted by Crippen LogP contribution is 2.38. The minimum Gasteiger partial charge on any atom is -0.370 e. The van der Waals surface area contributed by atoms with E-state index in [4.69, 9.17) is 0 Å². The van der Waals surface area contributed by atoms with Gasteiger partial charge >= 0.3 is 0 Å². The molecular formula is C25H33N5O2. The number of carbonyl (C=O) groups excluding carboxylic acids is 1. The summed E-state index contributed by atoms with van der Waals surface area (Å²) in [5, 5.41) is 2.61. The van der Waals surface area contributed by atoms with Crippen molar-refractivity contribution < 1.29 is 4.79 Å². The molecule has 3 aliphatic rings. The fourth-order valence-electron chi connectivity index (χ4n) is 5.37. The first-order valence-electron chi connectivity index (χ1n) is 12.0. The van der Waals surface area contributed by atoms with Crippen LogP contribution in [0, 0.1) is 0 Å². The molecule has 0 spiro atoms. The van der Waals surface area contributed by atoms with E-state index >= 15 is 0 Å². The SMILES string of the molecule is CNC(=O)c1ccc(N2CCC(N3CCCC(c4ccc(C5CC5)c(=O)[nH]4)C3)CC2)cn1. The van der Waals surface area contributed by atoms with E-state index in [1.165, 1.54) is 6.42 Å². The predicted molar refractivity (Wildman–Crippen MR) is 125 cm³/mol. The number of pyridine rings is 2. The summed E-state index contributed by atoms with van der Waals surface area (Å²) in [6.07, 6.45) is 8.71. The normalized spacial score (nSPS) is 22.7. The quantitative estimate of drug-likeness (QED) is 0.755. The fourth-order valence-corrected chi connectivity index (χ4v) is 5.37. The summed E-state index contributed by atoms with van der Waals surface area (Å²) in [5.41, 5.74) is 3.76. The van der Waals surface area contributed by atoms with Gasteiger partial charge in [0.2, 0.25) is 0 Å². The van der Waals surface area contributed by atoms with Gasteiger partial charge in [-0.05, 0) is 69.2 Å². The number of carbonyl (C=O) groups is 1. The van der Waals surface area contributed by atoms with Crippen LogP contribution in [0.3, 0.4) is 0 Å². The minimum absolute atomic E-state index is 0.131. The summed E-state index contributed by atoms with van der Waals surface area (Å²) in [4.78, 5) is 36.7. The zero-order chi connectivity index (χ0) is 22.1. The first-order valence-corrected chi connectivity index (χ1v) is 12.0. The summed E-state index contributed by atoms with van der Waals surface area (Å²) < 4.78 is 0. The predicted octanol–water partition coefficient (Wildman–Crippen LogP) is 2.86. The molecule has 2 aromatic heterocycles. The molecule has 1 aliphatic carbocycles. The van der Waals surface area contributed by atoms with Crippen molar-refractivity contribution >= 4 is 11.6 Å². The Morgan fingerprint density at radius 3 is 2.50 bits per heavy atom. The molecule has 1 unspecified atom stereocenters. The lowest BCUT2D eigenvalue weighted by Gasteiger charge is -2.42. The van der Waals surface area contributed by atoms with E-state index in [2.05, 4.69) is 37.2 Å². The van der Waals surface area contributed by atoms with E-state index in [9.17, 15) is 9.59 Å². The molecular weight excluding hydrogens is 402 g/mol. The topological polar surface area (TPSA) is 81.3 Å². The van der Waals surface area contributed by atoms with Crippen molar-refractivity contribution in [2.24, 2.45) is 0 Å². The van der Waals surface area contributed by atoms with Crippen LogP contribution in [-0.2, 0) is 0 Å². The molecule has 5 rings (SSSR count). The second kappa shape index (κ2) is 9.06. The number of nitrogens with one attached hydrogen (secondary N) is 2. The Hall–Kier alpha value is -2.67. The smallest absolute Gasteiger partial charge is 0.269 e. The molecule has 0 bridgehead atoms. The van der Waals surface area contributed by atoms with Gasteiger partial charge in [0.05, 0.1) is 11.9 Å². The Bertz CT molecular complexity index is 1010. The van der Waals surface area contributed by atoms with Gasteiger partial charge in [0, 0.05) is 49.9 Å². The Labute approximate surface area is 189 Å². The van der Waals surface area contributed by atoms with Crippen molar-refractivity contribution in [1.29, 1.82) is 0 Å². The molecule has 3 fully saturated rings. The number of amides is 1. The van der Waals surface area contributed by atoms with Crippen LogP contribution in [0.1, 0.15) is 72.1 Å². The Morgan fingerprint density at radius 2 is 1.84 bits per heavy atom. The molecule has 1 saturated carbocycles. The van der Waals surface area contributed by atoms with Gasteiger partial charge in [0.25, 0.3) is 11.5 Å². The first kappa shape index (κ1) is 21.2. The third-order valence-corrected chi connectivity index (χ3v) is 7.43. The summed E-state index contributed by atoms with van der Waals surface area (Å²) >= 11 is 0. The maximum absolute atomic E-state index is 12.5. The van der Waals surface area contributed by atoms with Gasteiger partial charge in [-0.1, -0.05) is 6.07 Å². The molecule has 7 nitrogen and oxygen atoms in total. The van der Waals surface area contributed by atoms with E-state index in [1.807, 2.05) is 12.3 Å². The molecule has 2 aliphatic heterocycles. The Balaban J connectivity index is 1.18. The van der Waals surface area contributed by atoms with Crippen LogP contribution >= 0.6 is 0 Å². The highest BCUT2D eigenvalue weighted by atomic mass is 16.1. The van der Waals surface area contributed by atoms with Crippen LogP contribution < -0.4 is 15.8 Å². The van der Waals surface area contributed by atoms with Crippen molar-refractivity contribution in [2.75, 3.05) is 38.1 Å². The molecule has 170 valence electrons. The van der Waals surface area contributed by atoms with Gasteiger partial charge in [-0.15, -0.1) is 0 Å². The second-order valence-electron chi connectivity index (χ2n) is 9.51. The number of hydrogen-bond donors (Lipinski definition) is 2. The van der Waals surface area contributed by atoms with Crippen LogP contribution in [0.4, 0.5) is 5.69 Å². The highest BCUT2D eigenvalue weighted by Gasteiger charge is 2.31. The maximum Gasteiger partial charge on any atom is 0.269 e. The van der Waals surface area contributed by atoms with Crippen LogP contribution in [-0.4, -0.2) is 60.0 Å². The first-order chi connectivity index (χ1) is 15.6. The summed E-state index contributed by atoms with van der Waals surface area (Å²) in [6.45, 7) is 4.18. The number of aromatic nitrogens is 2. The second-order valence-corrected chi connectivity index (χ2v) is 9.51. The molecule has 0 radical (unpaired) electrons. The van der Waals surface area contributed by atoms with E-state index < -0.39 is 0 Å². The molecule has 1 atom stereocenters. The third-order valence-electron chi connectivity index (χ3n) is 7.43. The molecule has 2 N–H and O–H groups in total. The largest absolute Gasteiger partial charge is 0.370 e. The van der Waals surface area contributed by atoms with E-state index in [0.29, 0.717) is 23.6 Å². The van der Waals surface area contributed by atoms with E-state index in [1.54, 1.807) is 13.1 Å². The number of H-pyrrole nitrogens is 1. The molecule has 7 heteroatoms. The van der Waals surface area contributed by atoms with Crippen LogP contribution in [0.5, 0.6) is 0 Å². The molecule has 4 heterocycles. The Morgan fingerprint density at radius 1 is 1.03 bits per heavy atom. The lowest BCUT2D eigenvalue weighted by atomic mass is 9.91. The maximum atomic E-state index is 12.5. The number of aromatic amines is 1. The number of likely N-dealkylation sites (tertiary alicyclic amines) is 1. The monoisotopic (exact) mass is 435 g/mol. The van der Waals surface area contributed by atoms with Crippen LogP contribution in [0.25, 0.3) is 0 Å². The summed E-state index contributed by atoms with van der Waals surface area (Å²) in [6, 6.07) is 8.62. The van der Waals surface area contributed by atoms with Crippen molar-refractivity contribution in [3.05, 3.63) is 57.8 Å². The number of rotatable bonds is 5. The third kappa shape index (κ3) is 4.44. The number of nitrogens with zero attached hydrogens (tertiary/aromatic N) is 3. The Kier molecular flexibility index (Phi) is 6.00. The van der Waals surface area contributed by atoms with Crippen molar-refractivity contribution in [3.63, 3.8) is 0 Å². The molecule has 0 aromatic carbocycles. The van der Waals surface area contributed by atoms with Gasteiger partial charge in [-0.3, -0.25) is 14.5 Å². The van der Waals surface area contributed by atoms with Gasteiger partial charge in [0.1, 0.15) is 5.69 Å². The molecule has 2 aromatic rings. The van der Waals surface area contributed by atoms with Gasteiger partial charge in [0.15, 0.2) is 0 Å². The van der Waals surface area contributed by atoms with Gasteiger partial charge < -0.3 is 15.2 Å². The van der Waals surface area contributed by atoms with Gasteiger partial charge in [-0.25, -0.2) is 4.98 Å². The fraction of sp³-hybridized carbons (Fsp3) is 0.560. The zero-order valence-corrected chi connectivity index (χ0v) is 18.8. The summed E-state index contributed by atoms with van der Waals surface area (Å²) in [7, 11) is 1.62. The van der Waals surface area contributed by atoms with Crippen molar-refractivity contribution in [1.82, 2.24) is 20.2 Å². The molecule has 1 amide bonds. The van der Waals surface area contributed by atoms with Gasteiger partial charge in [-0.2, -0.15) is 0 Å². The molecule has 32 heavy (non-hydrogen) atoms. The summed E-state index contributed by atoms with van der Waals surface area (Å²) in [5.74, 6) is 0.763. The van der Waals surface area contributed by atoms with E-state index in [-0.39, 0.29) is 11.5 Å². The minimum atomic E-state index is -0.154. The standard InChI is InChI=1S/C25H33N5O2/c1-26-25(32)23-8-6-20(15-27-23)29-13-10-19(11-14-29)30-12-2-3-18(16-30)22-9-7-21(17-4-5-17)24(31)28-22/h6-9,15,17-19H,2-5,10-14,16H2,1H3,(H,26,32)(H,28,31). The average molecular weight is 436 g/mol. The number of anilines is 1. The van der Waals surface area contributed by atoms with E-state index in [0.717, 1.165) is 75.2 Å². The zero-order valence-electron chi connectivity index (χ0n) is 18.8. The van der Waals surface area contributed by atoms with Crippen molar-refractivity contribution in [2.45, 2.75) is 56.4 Å². The highest BCUT2D eigenvalue weighted by molar-refractivity contribution is 5.92. The van der Waals surface area contributed by atoms with Crippen LogP contribution in [0.15, 0.2) is 35.3 Å². The average Bonchev–Trinajstić information content (AvgIpc) is 3.69. The number of hydrogen-bond acceptors (Lipinski definition) is 5. The lowest BCUT2D eigenvalue weighted by molar-refractivity contribution is 0.0958. The number of piperidine rings is 2. The lowest BCUT2D eigenvalue weighted by Crippen LogP contribution is -2.48. The van der Waals surface area contributed by atoms with Crippen LogP contribution in [0.2, 0.25) is 0 Å². The molecule has 2 saturated heterocycles.